The molecule has 2 fully saturated rings. The van der Waals surface area contributed by atoms with Crippen LogP contribution in [0.25, 0.3) is 0 Å². The first-order chi connectivity index (χ1) is 29.1. The minimum absolute atomic E-state index is 0.240. The van der Waals surface area contributed by atoms with E-state index in [9.17, 15) is 45.6 Å². The molecule has 2 heterocycles. The van der Waals surface area contributed by atoms with Gasteiger partial charge in [0, 0.05) is 6.42 Å². The Labute approximate surface area is 361 Å². The zero-order chi connectivity index (χ0) is 44.0. The first-order valence-corrected chi connectivity index (χ1v) is 23.9. The molecule has 0 bridgehead atoms. The van der Waals surface area contributed by atoms with Gasteiger partial charge in [-0.1, -0.05) is 167 Å². The molecule has 2 aliphatic rings. The van der Waals surface area contributed by atoms with Crippen molar-refractivity contribution in [1.29, 1.82) is 0 Å². The maximum atomic E-state index is 13.1. The molecule has 9 N–H and O–H groups in total. The second kappa shape index (κ2) is 34.2. The van der Waals surface area contributed by atoms with Crippen LogP contribution in [0.2, 0.25) is 0 Å². The van der Waals surface area contributed by atoms with Gasteiger partial charge in [-0.05, 0) is 19.3 Å². The van der Waals surface area contributed by atoms with Crippen molar-refractivity contribution in [3.63, 3.8) is 0 Å². The zero-order valence-electron chi connectivity index (χ0n) is 37.2. The number of ether oxygens (including phenoxy) is 4. The number of carbonyl (C=O) groups excluding carboxylic acids is 1. The summed E-state index contributed by atoms with van der Waals surface area (Å²) in [6, 6.07) is -0.906. The molecule has 0 radical (unpaired) electrons. The predicted molar refractivity (Wildman–Crippen MR) is 231 cm³/mol. The summed E-state index contributed by atoms with van der Waals surface area (Å²) in [7, 11) is 0. The van der Waals surface area contributed by atoms with Gasteiger partial charge in [0.25, 0.3) is 0 Å². The van der Waals surface area contributed by atoms with E-state index in [1.165, 1.54) is 116 Å². The van der Waals surface area contributed by atoms with Crippen LogP contribution in [0, 0.1) is 0 Å². The highest BCUT2D eigenvalue weighted by atomic mass is 16.7. The Balaban J connectivity index is 1.89. The molecule has 60 heavy (non-hydrogen) atoms. The molecule has 354 valence electrons. The smallest absolute Gasteiger partial charge is 0.220 e. The lowest BCUT2D eigenvalue weighted by Crippen LogP contribution is -2.65. The molecule has 2 aliphatic heterocycles. The van der Waals surface area contributed by atoms with Crippen molar-refractivity contribution in [2.24, 2.45) is 0 Å². The molecule has 0 spiro atoms. The molecule has 0 aromatic carbocycles. The maximum Gasteiger partial charge on any atom is 0.220 e. The van der Waals surface area contributed by atoms with E-state index in [1.54, 1.807) is 6.08 Å². The molecule has 14 heteroatoms. The number of hydrogen-bond donors (Lipinski definition) is 9. The summed E-state index contributed by atoms with van der Waals surface area (Å²) in [6.45, 7) is 2.77. The minimum atomic E-state index is -1.78. The van der Waals surface area contributed by atoms with Crippen LogP contribution in [-0.2, 0) is 23.7 Å². The Hall–Kier alpha value is -1.27. The van der Waals surface area contributed by atoms with E-state index in [0.29, 0.717) is 6.42 Å². The van der Waals surface area contributed by atoms with Crippen molar-refractivity contribution in [2.45, 2.75) is 254 Å². The molecule has 0 unspecified atom stereocenters. The summed E-state index contributed by atoms with van der Waals surface area (Å²) in [5.74, 6) is -0.240. The van der Waals surface area contributed by atoms with Gasteiger partial charge >= 0.3 is 0 Å². The highest BCUT2D eigenvalue weighted by Gasteiger charge is 2.51. The first kappa shape index (κ1) is 54.9. The molecule has 0 saturated carbocycles. The van der Waals surface area contributed by atoms with Gasteiger partial charge in [0.15, 0.2) is 12.6 Å². The summed E-state index contributed by atoms with van der Waals surface area (Å²) < 4.78 is 22.6. The number of aliphatic hydroxyl groups is 8. The molecule has 0 aromatic heterocycles. The molecule has 12 atom stereocenters. The molecular formula is C46H87NO13. The summed E-state index contributed by atoms with van der Waals surface area (Å²) in [6.07, 6.45) is 16.8. The van der Waals surface area contributed by atoms with E-state index in [1.807, 2.05) is 6.08 Å². The number of rotatable bonds is 36. The summed E-state index contributed by atoms with van der Waals surface area (Å²) in [5, 5.41) is 86.5. The van der Waals surface area contributed by atoms with Crippen LogP contribution in [-0.4, -0.2) is 140 Å². The van der Waals surface area contributed by atoms with Crippen molar-refractivity contribution in [1.82, 2.24) is 5.32 Å². The molecule has 14 nitrogen and oxygen atoms in total. The molecule has 0 aliphatic carbocycles. The number of amides is 1. The van der Waals surface area contributed by atoms with E-state index in [2.05, 4.69) is 19.2 Å². The van der Waals surface area contributed by atoms with E-state index < -0.39 is 86.8 Å². The van der Waals surface area contributed by atoms with Gasteiger partial charge in [0.2, 0.25) is 5.91 Å². The molecule has 2 rings (SSSR count). The maximum absolute atomic E-state index is 13.1. The van der Waals surface area contributed by atoms with Gasteiger partial charge in [0.1, 0.15) is 48.8 Å². The van der Waals surface area contributed by atoms with Crippen molar-refractivity contribution >= 4 is 5.91 Å². The number of hydrogen-bond acceptors (Lipinski definition) is 13. The van der Waals surface area contributed by atoms with Crippen molar-refractivity contribution in [3.8, 4) is 0 Å². The van der Waals surface area contributed by atoms with Gasteiger partial charge < -0.3 is 65.1 Å². The lowest BCUT2D eigenvalue weighted by molar-refractivity contribution is -0.359. The quantitative estimate of drug-likeness (QED) is 0.0292. The van der Waals surface area contributed by atoms with Gasteiger partial charge in [-0.3, -0.25) is 4.79 Å². The van der Waals surface area contributed by atoms with E-state index >= 15 is 0 Å². The number of unbranched alkanes of at least 4 members (excludes halogenated alkanes) is 23. The van der Waals surface area contributed by atoms with Crippen LogP contribution in [0.3, 0.4) is 0 Å². The normalized spacial score (nSPS) is 28.3. The Morgan fingerprint density at radius 1 is 0.583 bits per heavy atom. The zero-order valence-corrected chi connectivity index (χ0v) is 37.2. The summed E-state index contributed by atoms with van der Waals surface area (Å²) >= 11 is 0. The average molecular weight is 862 g/mol. The molecular weight excluding hydrogens is 774 g/mol. The SMILES string of the molecule is CCCCCCCCCCCCC/C=C/[C@@H](O)[C@@H](CO[C@@H]1O[C@H](CO)[C@H](O[C@@H]2O[C@H](CO)[C@H](O)[C@H](O)[C@H]2O)[C@H](O)[C@H]1O)NC(=O)CCCCCCCCCCCCCCC. The number of nitrogens with one attached hydrogen (secondary N) is 1. The summed E-state index contributed by atoms with van der Waals surface area (Å²) in [5.41, 5.74) is 0. The number of allylic oxidation sites excluding steroid dienone is 1. The largest absolute Gasteiger partial charge is 0.394 e. The van der Waals surface area contributed by atoms with Crippen molar-refractivity contribution in [3.05, 3.63) is 12.2 Å². The molecule has 2 saturated heterocycles. The van der Waals surface area contributed by atoms with Crippen molar-refractivity contribution in [2.75, 3.05) is 19.8 Å². The van der Waals surface area contributed by atoms with Gasteiger partial charge in [-0.25, -0.2) is 0 Å². The van der Waals surface area contributed by atoms with E-state index in [4.69, 9.17) is 18.9 Å². The van der Waals surface area contributed by atoms with Crippen LogP contribution >= 0.6 is 0 Å². The Bertz CT molecular complexity index is 1070. The predicted octanol–water partition coefficient (Wildman–Crippen LogP) is 5.21. The van der Waals surface area contributed by atoms with Crippen LogP contribution in [0.15, 0.2) is 12.2 Å². The first-order valence-electron chi connectivity index (χ1n) is 23.9. The van der Waals surface area contributed by atoms with E-state index in [0.717, 1.165) is 38.5 Å². The second-order valence-electron chi connectivity index (χ2n) is 17.2. The number of aliphatic hydroxyl groups excluding tert-OH is 8. The Morgan fingerprint density at radius 3 is 1.53 bits per heavy atom. The average Bonchev–Trinajstić information content (AvgIpc) is 3.24. The summed E-state index contributed by atoms with van der Waals surface area (Å²) in [4.78, 5) is 13.1. The lowest BCUT2D eigenvalue weighted by atomic mass is 9.97. The van der Waals surface area contributed by atoms with Gasteiger partial charge in [-0.2, -0.15) is 0 Å². The fourth-order valence-corrected chi connectivity index (χ4v) is 8.00. The fraction of sp³-hybridized carbons (Fsp3) is 0.935. The second-order valence-corrected chi connectivity index (χ2v) is 17.2. The third-order valence-electron chi connectivity index (χ3n) is 12.0. The third kappa shape index (κ3) is 21.9. The van der Waals surface area contributed by atoms with Crippen LogP contribution in [0.5, 0.6) is 0 Å². The van der Waals surface area contributed by atoms with Gasteiger partial charge in [0.05, 0.1) is 32.0 Å². The highest BCUT2D eigenvalue weighted by Crippen LogP contribution is 2.30. The highest BCUT2D eigenvalue weighted by molar-refractivity contribution is 5.76. The van der Waals surface area contributed by atoms with Crippen LogP contribution in [0.1, 0.15) is 181 Å². The van der Waals surface area contributed by atoms with E-state index in [-0.39, 0.29) is 18.9 Å². The van der Waals surface area contributed by atoms with Gasteiger partial charge in [-0.15, -0.1) is 0 Å². The minimum Gasteiger partial charge on any atom is -0.394 e. The van der Waals surface area contributed by atoms with Crippen LogP contribution in [0.4, 0.5) is 0 Å². The van der Waals surface area contributed by atoms with Crippen molar-refractivity contribution < 1.29 is 64.6 Å². The molecule has 1 amide bonds. The Kier molecular flexibility index (Phi) is 31.3. The third-order valence-corrected chi connectivity index (χ3v) is 12.0. The topological polar surface area (TPSA) is 228 Å². The monoisotopic (exact) mass is 862 g/mol. The fourth-order valence-electron chi connectivity index (χ4n) is 8.00. The number of carbonyl (C=O) groups is 1. The lowest BCUT2D eigenvalue weighted by Gasteiger charge is -2.46. The standard InChI is InChI=1S/C46H87NO13/c1-3-5-7-9-11-13-15-17-19-21-23-25-27-29-35(50)34(47-38(51)30-28-26-24-22-20-18-16-14-12-10-8-6-4-2)33-57-45-43(56)41(54)44(37(32-49)59-45)60-46-42(55)40(53)39(52)36(31-48)58-46/h27,29,34-37,39-46,48-50,52-56H,3-26,28,30-33H2,1-2H3,(H,47,51)/b29-27+/t34-,35-,36-,37-,39+,40+,41-,42-,43-,44+,45-,46+/m1/s1. The Morgan fingerprint density at radius 2 is 1.03 bits per heavy atom. The van der Waals surface area contributed by atoms with Crippen LogP contribution < -0.4 is 5.32 Å². The molecule has 0 aromatic rings.